The molecule has 0 bridgehead atoms. The summed E-state index contributed by atoms with van der Waals surface area (Å²) in [5.41, 5.74) is 1.15. The third-order valence-electron chi connectivity index (χ3n) is 3.59. The van der Waals surface area contributed by atoms with E-state index in [-0.39, 0.29) is 10.6 Å². The molecule has 3 rings (SSSR count). The van der Waals surface area contributed by atoms with E-state index < -0.39 is 0 Å². The summed E-state index contributed by atoms with van der Waals surface area (Å²) in [6, 6.07) is 6.89. The van der Waals surface area contributed by atoms with Gasteiger partial charge in [-0.2, -0.15) is 0 Å². The molecule has 21 heavy (non-hydrogen) atoms. The number of piperazine rings is 1. The second-order valence-electron chi connectivity index (χ2n) is 5.00. The molecular formula is C14H16N4O2S. The molecule has 0 atom stereocenters. The number of thiazole rings is 1. The van der Waals surface area contributed by atoms with E-state index in [0.29, 0.717) is 0 Å². The van der Waals surface area contributed by atoms with Crippen molar-refractivity contribution in [3.63, 3.8) is 0 Å². The molecule has 1 saturated heterocycles. The van der Waals surface area contributed by atoms with Crippen molar-refractivity contribution < 1.29 is 4.92 Å². The van der Waals surface area contributed by atoms with Crippen molar-refractivity contribution in [3.05, 3.63) is 51.5 Å². The third-order valence-corrected chi connectivity index (χ3v) is 4.42. The van der Waals surface area contributed by atoms with E-state index in [1.807, 2.05) is 17.6 Å². The highest BCUT2D eigenvalue weighted by Crippen LogP contribution is 2.20. The van der Waals surface area contributed by atoms with Crippen LogP contribution in [0.1, 0.15) is 5.56 Å². The highest BCUT2D eigenvalue weighted by molar-refractivity contribution is 7.13. The summed E-state index contributed by atoms with van der Waals surface area (Å²) in [4.78, 5) is 19.4. The molecular weight excluding hydrogens is 288 g/mol. The number of nitro groups is 1. The third kappa shape index (κ3) is 3.37. The first-order valence-electron chi connectivity index (χ1n) is 6.82. The van der Waals surface area contributed by atoms with E-state index in [1.165, 1.54) is 6.07 Å². The maximum atomic E-state index is 10.8. The molecule has 1 aliphatic rings. The lowest BCUT2D eigenvalue weighted by Gasteiger charge is -2.34. The molecule has 6 nitrogen and oxygen atoms in total. The number of rotatable bonds is 4. The minimum atomic E-state index is -0.343. The van der Waals surface area contributed by atoms with Crippen molar-refractivity contribution in [1.29, 1.82) is 0 Å². The van der Waals surface area contributed by atoms with Crippen LogP contribution in [0.5, 0.6) is 0 Å². The SMILES string of the molecule is O=[N+]([O-])c1cccc(CN2CCN(c3nccs3)CC2)c1. The molecule has 0 saturated carbocycles. The quantitative estimate of drug-likeness (QED) is 0.641. The largest absolute Gasteiger partial charge is 0.346 e. The number of aromatic nitrogens is 1. The normalized spacial score (nSPS) is 16.1. The zero-order valence-electron chi connectivity index (χ0n) is 11.5. The van der Waals surface area contributed by atoms with E-state index in [2.05, 4.69) is 14.8 Å². The van der Waals surface area contributed by atoms with Crippen LogP contribution in [-0.4, -0.2) is 41.0 Å². The van der Waals surface area contributed by atoms with Crippen molar-refractivity contribution in [2.45, 2.75) is 6.54 Å². The molecule has 0 N–H and O–H groups in total. The van der Waals surface area contributed by atoms with Crippen molar-refractivity contribution in [2.75, 3.05) is 31.1 Å². The van der Waals surface area contributed by atoms with Gasteiger partial charge in [-0.3, -0.25) is 15.0 Å². The number of nitro benzene ring substituents is 1. The van der Waals surface area contributed by atoms with Gasteiger partial charge in [0.1, 0.15) is 0 Å². The Morgan fingerprint density at radius 3 is 2.76 bits per heavy atom. The van der Waals surface area contributed by atoms with E-state index in [9.17, 15) is 10.1 Å². The van der Waals surface area contributed by atoms with Crippen molar-refractivity contribution >= 4 is 22.2 Å². The lowest BCUT2D eigenvalue weighted by Crippen LogP contribution is -2.45. The van der Waals surface area contributed by atoms with Gasteiger partial charge in [0.15, 0.2) is 5.13 Å². The van der Waals surface area contributed by atoms with E-state index >= 15 is 0 Å². The lowest BCUT2D eigenvalue weighted by molar-refractivity contribution is -0.384. The van der Waals surface area contributed by atoms with Gasteiger partial charge in [-0.15, -0.1) is 11.3 Å². The molecule has 2 heterocycles. The first-order chi connectivity index (χ1) is 10.2. The Labute approximate surface area is 126 Å². The Kier molecular flexibility index (Phi) is 4.12. The van der Waals surface area contributed by atoms with Crippen LogP contribution in [0.15, 0.2) is 35.8 Å². The van der Waals surface area contributed by atoms with Crippen LogP contribution in [-0.2, 0) is 6.54 Å². The smallest absolute Gasteiger partial charge is 0.269 e. The standard InChI is InChI=1S/C14H16N4O2S/c19-18(20)13-3-1-2-12(10-13)11-16-5-7-17(8-6-16)14-15-4-9-21-14/h1-4,9-10H,5-8,11H2. The minimum absolute atomic E-state index is 0.161. The molecule has 1 aromatic carbocycles. The summed E-state index contributed by atoms with van der Waals surface area (Å²) in [6.45, 7) is 4.54. The van der Waals surface area contributed by atoms with Gasteiger partial charge in [0.25, 0.3) is 5.69 Å². The van der Waals surface area contributed by atoms with Gasteiger partial charge in [-0.25, -0.2) is 4.98 Å². The van der Waals surface area contributed by atoms with Crippen LogP contribution in [0.2, 0.25) is 0 Å². The first-order valence-corrected chi connectivity index (χ1v) is 7.70. The van der Waals surface area contributed by atoms with Gasteiger partial charge >= 0.3 is 0 Å². The lowest BCUT2D eigenvalue weighted by atomic mass is 10.2. The highest BCUT2D eigenvalue weighted by Gasteiger charge is 2.19. The van der Waals surface area contributed by atoms with Crippen LogP contribution >= 0.6 is 11.3 Å². The Hall–Kier alpha value is -1.99. The van der Waals surface area contributed by atoms with Gasteiger partial charge in [0.2, 0.25) is 0 Å². The fourth-order valence-corrected chi connectivity index (χ4v) is 3.19. The van der Waals surface area contributed by atoms with E-state index in [1.54, 1.807) is 23.5 Å². The minimum Gasteiger partial charge on any atom is -0.346 e. The zero-order valence-corrected chi connectivity index (χ0v) is 12.3. The fourth-order valence-electron chi connectivity index (χ4n) is 2.50. The Morgan fingerprint density at radius 1 is 1.29 bits per heavy atom. The molecule has 1 fully saturated rings. The summed E-state index contributed by atoms with van der Waals surface area (Å²) in [7, 11) is 0. The van der Waals surface area contributed by atoms with Crippen LogP contribution in [0.25, 0.3) is 0 Å². The molecule has 110 valence electrons. The summed E-state index contributed by atoms with van der Waals surface area (Å²) in [5, 5.41) is 13.9. The van der Waals surface area contributed by atoms with E-state index in [4.69, 9.17) is 0 Å². The van der Waals surface area contributed by atoms with E-state index in [0.717, 1.165) is 43.4 Å². The molecule has 1 aliphatic heterocycles. The summed E-state index contributed by atoms with van der Waals surface area (Å²) >= 11 is 1.66. The topological polar surface area (TPSA) is 62.5 Å². The predicted octanol–water partition coefficient (Wildman–Crippen LogP) is 2.37. The molecule has 7 heteroatoms. The van der Waals surface area contributed by atoms with Gasteiger partial charge in [0, 0.05) is 56.4 Å². The van der Waals surface area contributed by atoms with Crippen LogP contribution in [0.4, 0.5) is 10.8 Å². The molecule has 0 aliphatic carbocycles. The predicted molar refractivity (Wildman–Crippen MR) is 82.7 cm³/mol. The molecule has 2 aromatic rings. The maximum Gasteiger partial charge on any atom is 0.269 e. The van der Waals surface area contributed by atoms with Crippen molar-refractivity contribution in [2.24, 2.45) is 0 Å². The van der Waals surface area contributed by atoms with Gasteiger partial charge < -0.3 is 4.90 Å². The highest BCUT2D eigenvalue weighted by atomic mass is 32.1. The molecule has 0 radical (unpaired) electrons. The molecule has 0 spiro atoms. The van der Waals surface area contributed by atoms with Gasteiger partial charge in [-0.05, 0) is 5.56 Å². The second-order valence-corrected chi connectivity index (χ2v) is 5.88. The number of hydrogen-bond donors (Lipinski definition) is 0. The average Bonchev–Trinajstić information content (AvgIpc) is 3.02. The zero-order chi connectivity index (χ0) is 14.7. The summed E-state index contributed by atoms with van der Waals surface area (Å²) in [6.07, 6.45) is 1.83. The number of hydrogen-bond acceptors (Lipinski definition) is 6. The number of nitrogens with zero attached hydrogens (tertiary/aromatic N) is 4. The maximum absolute atomic E-state index is 10.8. The van der Waals surface area contributed by atoms with Crippen LogP contribution in [0, 0.1) is 10.1 Å². The number of anilines is 1. The number of benzene rings is 1. The Balaban J connectivity index is 1.58. The number of non-ortho nitro benzene ring substituents is 1. The van der Waals surface area contributed by atoms with Gasteiger partial charge in [-0.1, -0.05) is 12.1 Å². The van der Waals surface area contributed by atoms with Crippen molar-refractivity contribution in [1.82, 2.24) is 9.88 Å². The Morgan fingerprint density at radius 2 is 2.10 bits per heavy atom. The summed E-state index contributed by atoms with van der Waals surface area (Å²) in [5.74, 6) is 0. The molecule has 0 amide bonds. The molecule has 1 aromatic heterocycles. The summed E-state index contributed by atoms with van der Waals surface area (Å²) < 4.78 is 0. The Bertz CT molecular complexity index is 609. The average molecular weight is 304 g/mol. The molecule has 0 unspecified atom stereocenters. The second kappa shape index (κ2) is 6.19. The fraction of sp³-hybridized carbons (Fsp3) is 0.357. The first kappa shape index (κ1) is 14.0. The van der Waals surface area contributed by atoms with Crippen LogP contribution in [0.3, 0.4) is 0 Å². The van der Waals surface area contributed by atoms with Gasteiger partial charge in [0.05, 0.1) is 4.92 Å². The van der Waals surface area contributed by atoms with Crippen LogP contribution < -0.4 is 4.90 Å². The van der Waals surface area contributed by atoms with Crippen molar-refractivity contribution in [3.8, 4) is 0 Å². The monoisotopic (exact) mass is 304 g/mol.